The summed E-state index contributed by atoms with van der Waals surface area (Å²) in [5.41, 5.74) is 3.75. The van der Waals surface area contributed by atoms with Gasteiger partial charge in [0.05, 0.1) is 11.9 Å². The molecule has 0 fully saturated rings. The first kappa shape index (κ1) is 13.6. The molecule has 0 bridgehead atoms. The molecule has 0 aliphatic carbocycles. The third-order valence-electron chi connectivity index (χ3n) is 3.83. The average molecular weight is 276 g/mol. The molecule has 3 rings (SSSR count). The molecule has 2 heteroatoms. The molecule has 0 amide bonds. The third-order valence-corrected chi connectivity index (χ3v) is 3.83. The standard InChI is InChI=1S/C19H20N2/c1-14(2)17-10-11-20-13-19(17)21-12-16-8-5-7-15-6-3-4-9-18(15)16/h3-11,13-14,21H,12H2,1-2H3. The molecule has 106 valence electrons. The van der Waals surface area contributed by atoms with E-state index in [4.69, 9.17) is 0 Å². The molecule has 21 heavy (non-hydrogen) atoms. The molecule has 0 aliphatic heterocycles. The third kappa shape index (κ3) is 2.89. The fourth-order valence-electron chi connectivity index (χ4n) is 2.69. The van der Waals surface area contributed by atoms with Crippen LogP contribution in [-0.2, 0) is 6.54 Å². The van der Waals surface area contributed by atoms with Crippen LogP contribution in [0, 0.1) is 0 Å². The molecule has 1 heterocycles. The highest BCUT2D eigenvalue weighted by atomic mass is 14.9. The summed E-state index contributed by atoms with van der Waals surface area (Å²) in [6, 6.07) is 17.1. The van der Waals surface area contributed by atoms with E-state index in [-0.39, 0.29) is 0 Å². The Morgan fingerprint density at radius 3 is 2.67 bits per heavy atom. The van der Waals surface area contributed by atoms with Gasteiger partial charge in [0.15, 0.2) is 0 Å². The summed E-state index contributed by atoms with van der Waals surface area (Å²) in [6.45, 7) is 5.23. The second-order valence-electron chi connectivity index (χ2n) is 5.61. The minimum absolute atomic E-state index is 0.489. The predicted octanol–water partition coefficient (Wildman–Crippen LogP) is 4.97. The summed E-state index contributed by atoms with van der Waals surface area (Å²) in [6.07, 6.45) is 3.78. The van der Waals surface area contributed by atoms with Crippen molar-refractivity contribution in [3.05, 3.63) is 72.1 Å². The molecule has 1 N–H and O–H groups in total. The Balaban J connectivity index is 1.87. The number of hydrogen-bond acceptors (Lipinski definition) is 2. The molecule has 0 unspecified atom stereocenters. The molecule has 0 saturated heterocycles. The van der Waals surface area contributed by atoms with Gasteiger partial charge >= 0.3 is 0 Å². The first-order valence-electron chi connectivity index (χ1n) is 7.40. The highest BCUT2D eigenvalue weighted by Crippen LogP contribution is 2.24. The van der Waals surface area contributed by atoms with Crippen molar-refractivity contribution in [1.82, 2.24) is 4.98 Å². The number of hydrogen-bond donors (Lipinski definition) is 1. The molecule has 1 aromatic heterocycles. The van der Waals surface area contributed by atoms with Crippen molar-refractivity contribution in [3.8, 4) is 0 Å². The van der Waals surface area contributed by atoms with Gasteiger partial charge in [0.25, 0.3) is 0 Å². The Morgan fingerprint density at radius 1 is 1.00 bits per heavy atom. The van der Waals surface area contributed by atoms with Gasteiger partial charge in [0.1, 0.15) is 0 Å². The van der Waals surface area contributed by atoms with Gasteiger partial charge in [0, 0.05) is 12.7 Å². The number of aromatic nitrogens is 1. The van der Waals surface area contributed by atoms with Gasteiger partial charge < -0.3 is 5.32 Å². The van der Waals surface area contributed by atoms with Crippen molar-refractivity contribution in [3.63, 3.8) is 0 Å². The lowest BCUT2D eigenvalue weighted by Crippen LogP contribution is -2.04. The highest BCUT2D eigenvalue weighted by Gasteiger charge is 2.06. The van der Waals surface area contributed by atoms with Crippen LogP contribution in [0.5, 0.6) is 0 Å². The zero-order valence-electron chi connectivity index (χ0n) is 12.5. The first-order valence-corrected chi connectivity index (χ1v) is 7.40. The van der Waals surface area contributed by atoms with Crippen molar-refractivity contribution in [2.75, 3.05) is 5.32 Å². The number of fused-ring (bicyclic) bond motifs is 1. The molecule has 0 aliphatic rings. The molecule has 2 aromatic carbocycles. The summed E-state index contributed by atoms with van der Waals surface area (Å²) >= 11 is 0. The largest absolute Gasteiger partial charge is 0.379 e. The maximum absolute atomic E-state index is 4.24. The van der Waals surface area contributed by atoms with Crippen LogP contribution in [0.4, 0.5) is 5.69 Å². The van der Waals surface area contributed by atoms with Crippen LogP contribution in [0.2, 0.25) is 0 Å². The minimum atomic E-state index is 0.489. The molecular weight excluding hydrogens is 256 g/mol. The van der Waals surface area contributed by atoms with E-state index in [1.54, 1.807) is 0 Å². The summed E-state index contributed by atoms with van der Waals surface area (Å²) in [5, 5.41) is 6.13. The van der Waals surface area contributed by atoms with Gasteiger partial charge in [-0.25, -0.2) is 0 Å². The summed E-state index contributed by atoms with van der Waals surface area (Å²) < 4.78 is 0. The molecule has 0 radical (unpaired) electrons. The maximum atomic E-state index is 4.24. The fraction of sp³-hybridized carbons (Fsp3) is 0.211. The quantitative estimate of drug-likeness (QED) is 0.727. The Hall–Kier alpha value is -2.35. The first-order chi connectivity index (χ1) is 10.3. The molecule has 0 saturated carbocycles. The Labute approximate surface area is 125 Å². The zero-order valence-corrected chi connectivity index (χ0v) is 12.5. The molecule has 2 nitrogen and oxygen atoms in total. The van der Waals surface area contributed by atoms with Crippen LogP contribution in [-0.4, -0.2) is 4.98 Å². The number of rotatable bonds is 4. The summed E-state index contributed by atoms with van der Waals surface area (Å²) in [4.78, 5) is 4.24. The molecule has 0 spiro atoms. The van der Waals surface area contributed by atoms with Crippen molar-refractivity contribution in [2.24, 2.45) is 0 Å². The second-order valence-corrected chi connectivity index (χ2v) is 5.61. The minimum Gasteiger partial charge on any atom is -0.379 e. The van der Waals surface area contributed by atoms with E-state index in [0.717, 1.165) is 12.2 Å². The lowest BCUT2D eigenvalue weighted by Gasteiger charge is -2.15. The number of benzene rings is 2. The fourth-order valence-corrected chi connectivity index (χ4v) is 2.69. The van der Waals surface area contributed by atoms with Crippen molar-refractivity contribution < 1.29 is 0 Å². The summed E-state index contributed by atoms with van der Waals surface area (Å²) in [5.74, 6) is 0.489. The Kier molecular flexibility index (Phi) is 3.87. The van der Waals surface area contributed by atoms with E-state index in [0.29, 0.717) is 5.92 Å². The SMILES string of the molecule is CC(C)c1ccncc1NCc1cccc2ccccc12. The van der Waals surface area contributed by atoms with E-state index in [1.807, 2.05) is 12.4 Å². The van der Waals surface area contributed by atoms with Crippen LogP contribution in [0.15, 0.2) is 60.9 Å². The van der Waals surface area contributed by atoms with Crippen LogP contribution in [0.3, 0.4) is 0 Å². The van der Waals surface area contributed by atoms with E-state index < -0.39 is 0 Å². The molecule has 3 aromatic rings. The van der Waals surface area contributed by atoms with Crippen LogP contribution < -0.4 is 5.32 Å². The zero-order chi connectivity index (χ0) is 14.7. The molecule has 0 atom stereocenters. The molecular formula is C19H20N2. The Bertz CT molecular complexity index is 742. The smallest absolute Gasteiger partial charge is 0.0564 e. The predicted molar refractivity (Wildman–Crippen MR) is 89.6 cm³/mol. The van der Waals surface area contributed by atoms with Crippen molar-refractivity contribution in [2.45, 2.75) is 26.3 Å². The van der Waals surface area contributed by atoms with Crippen molar-refractivity contribution >= 4 is 16.5 Å². The monoisotopic (exact) mass is 276 g/mol. The van der Waals surface area contributed by atoms with Crippen LogP contribution in [0.1, 0.15) is 30.9 Å². The van der Waals surface area contributed by atoms with Gasteiger partial charge in [-0.1, -0.05) is 56.3 Å². The van der Waals surface area contributed by atoms with E-state index in [1.165, 1.54) is 21.9 Å². The topological polar surface area (TPSA) is 24.9 Å². The number of anilines is 1. The number of nitrogens with one attached hydrogen (secondary N) is 1. The van der Waals surface area contributed by atoms with E-state index in [2.05, 4.69) is 72.7 Å². The van der Waals surface area contributed by atoms with Gasteiger partial charge in [-0.2, -0.15) is 0 Å². The Morgan fingerprint density at radius 2 is 1.81 bits per heavy atom. The maximum Gasteiger partial charge on any atom is 0.0564 e. The van der Waals surface area contributed by atoms with Crippen molar-refractivity contribution in [1.29, 1.82) is 0 Å². The van der Waals surface area contributed by atoms with Gasteiger partial charge in [0.2, 0.25) is 0 Å². The lowest BCUT2D eigenvalue weighted by molar-refractivity contribution is 0.862. The van der Waals surface area contributed by atoms with Gasteiger partial charge in [-0.05, 0) is 33.9 Å². The van der Waals surface area contributed by atoms with Gasteiger partial charge in [-0.3, -0.25) is 4.98 Å². The van der Waals surface area contributed by atoms with E-state index in [9.17, 15) is 0 Å². The normalized spacial score (nSPS) is 11.0. The second kappa shape index (κ2) is 5.96. The van der Waals surface area contributed by atoms with Gasteiger partial charge in [-0.15, -0.1) is 0 Å². The van der Waals surface area contributed by atoms with E-state index >= 15 is 0 Å². The number of nitrogens with zero attached hydrogens (tertiary/aromatic N) is 1. The van der Waals surface area contributed by atoms with Crippen LogP contribution >= 0.6 is 0 Å². The number of pyridine rings is 1. The average Bonchev–Trinajstić information content (AvgIpc) is 2.53. The highest BCUT2D eigenvalue weighted by molar-refractivity contribution is 5.85. The lowest BCUT2D eigenvalue weighted by atomic mass is 10.0. The summed E-state index contributed by atoms with van der Waals surface area (Å²) in [7, 11) is 0. The van der Waals surface area contributed by atoms with Crippen LogP contribution in [0.25, 0.3) is 10.8 Å².